The van der Waals surface area contributed by atoms with Crippen molar-refractivity contribution in [1.29, 1.82) is 0 Å². The van der Waals surface area contributed by atoms with E-state index in [9.17, 15) is 9.90 Å². The average molecular weight is 240 g/mol. The zero-order valence-corrected chi connectivity index (χ0v) is 10.8. The molecule has 0 unspecified atom stereocenters. The molecule has 1 rings (SSSR count). The monoisotopic (exact) mass is 240 g/mol. The second-order valence-electron chi connectivity index (χ2n) is 4.69. The van der Waals surface area contributed by atoms with Gasteiger partial charge in [0.05, 0.1) is 12.1 Å². The number of hydrogen-bond donors (Lipinski definition) is 2. The van der Waals surface area contributed by atoms with E-state index in [4.69, 9.17) is 0 Å². The Morgan fingerprint density at radius 3 is 2.71 bits per heavy atom. The molecule has 0 saturated carbocycles. The van der Waals surface area contributed by atoms with Gasteiger partial charge in [-0.1, -0.05) is 6.92 Å². The number of carbonyl (C=O) groups is 1. The Morgan fingerprint density at radius 2 is 2.18 bits per heavy atom. The lowest BCUT2D eigenvalue weighted by molar-refractivity contribution is 0.0462. The minimum Gasteiger partial charge on any atom is -0.394 e. The maximum Gasteiger partial charge on any atom is 0.293 e. The normalized spacial score (nSPS) is 11.6. The Labute approximate surface area is 101 Å². The van der Waals surface area contributed by atoms with Gasteiger partial charge in [0.15, 0.2) is 0 Å². The molecule has 1 heterocycles. The number of carbonyl (C=O) groups excluding carboxylic acids is 1. The molecule has 1 aromatic rings. The maximum absolute atomic E-state index is 12.0. The summed E-state index contributed by atoms with van der Waals surface area (Å²) < 4.78 is 0. The third kappa shape index (κ3) is 3.03. The van der Waals surface area contributed by atoms with E-state index >= 15 is 0 Å². The highest BCUT2D eigenvalue weighted by molar-refractivity contribution is 5.90. The maximum atomic E-state index is 12.0. The van der Waals surface area contributed by atoms with E-state index in [1.165, 1.54) is 4.90 Å². The zero-order chi connectivity index (χ0) is 13.1. The summed E-state index contributed by atoms with van der Waals surface area (Å²) in [5, 5.41) is 15.8. The fourth-order valence-corrected chi connectivity index (χ4v) is 1.27. The van der Waals surface area contributed by atoms with Crippen LogP contribution in [0.1, 0.15) is 43.6 Å². The number of amides is 1. The molecule has 0 atom stereocenters. The van der Waals surface area contributed by atoms with Crippen LogP contribution in [0.25, 0.3) is 0 Å². The first-order valence-electron chi connectivity index (χ1n) is 5.72. The topological polar surface area (TPSA) is 82.1 Å². The molecule has 1 amide bonds. The van der Waals surface area contributed by atoms with E-state index in [-0.39, 0.29) is 18.3 Å². The molecule has 0 radical (unpaired) electrons. The van der Waals surface area contributed by atoms with Crippen molar-refractivity contribution in [2.45, 2.75) is 39.2 Å². The number of aliphatic hydroxyl groups excluding tert-OH is 1. The zero-order valence-electron chi connectivity index (χ0n) is 10.8. The minimum atomic E-state index is -0.622. The fourth-order valence-electron chi connectivity index (χ4n) is 1.27. The molecule has 6 nitrogen and oxygen atoms in total. The van der Waals surface area contributed by atoms with Crippen molar-refractivity contribution in [3.63, 3.8) is 0 Å². The van der Waals surface area contributed by atoms with Crippen LogP contribution in [0.15, 0.2) is 0 Å². The van der Waals surface area contributed by atoms with Crippen LogP contribution >= 0.6 is 0 Å². The number of nitrogens with zero attached hydrogens (tertiary/aromatic N) is 3. The van der Waals surface area contributed by atoms with Crippen LogP contribution in [-0.2, 0) is 6.42 Å². The molecule has 0 aliphatic carbocycles. The number of aromatic nitrogens is 3. The molecule has 96 valence electrons. The number of H-pyrrole nitrogens is 1. The van der Waals surface area contributed by atoms with E-state index in [1.54, 1.807) is 20.9 Å². The highest BCUT2D eigenvalue weighted by Gasteiger charge is 2.29. The van der Waals surface area contributed by atoms with Crippen molar-refractivity contribution < 1.29 is 9.90 Å². The molecule has 17 heavy (non-hydrogen) atoms. The SMILES string of the molecule is CCCc1nc(C(=O)N(C)C(C)(C)CO)n[nH]1. The highest BCUT2D eigenvalue weighted by Crippen LogP contribution is 2.13. The summed E-state index contributed by atoms with van der Waals surface area (Å²) in [5.74, 6) is 0.575. The lowest BCUT2D eigenvalue weighted by atomic mass is 10.1. The van der Waals surface area contributed by atoms with Gasteiger partial charge < -0.3 is 10.0 Å². The number of aromatic amines is 1. The van der Waals surface area contributed by atoms with Gasteiger partial charge in [-0.15, -0.1) is 5.10 Å². The molecule has 6 heteroatoms. The lowest BCUT2D eigenvalue weighted by Gasteiger charge is -2.32. The van der Waals surface area contributed by atoms with E-state index in [2.05, 4.69) is 15.2 Å². The number of nitrogens with one attached hydrogen (secondary N) is 1. The molecular formula is C11H20N4O2. The van der Waals surface area contributed by atoms with Crippen molar-refractivity contribution in [2.75, 3.05) is 13.7 Å². The Kier molecular flexibility index (Phi) is 4.22. The van der Waals surface area contributed by atoms with Gasteiger partial charge in [-0.05, 0) is 20.3 Å². The van der Waals surface area contributed by atoms with Crippen molar-refractivity contribution in [3.8, 4) is 0 Å². The smallest absolute Gasteiger partial charge is 0.293 e. The summed E-state index contributed by atoms with van der Waals surface area (Å²) in [6.45, 7) is 5.49. The van der Waals surface area contributed by atoms with Crippen LogP contribution in [0.2, 0.25) is 0 Å². The van der Waals surface area contributed by atoms with Crippen molar-refractivity contribution in [2.24, 2.45) is 0 Å². The van der Waals surface area contributed by atoms with Crippen LogP contribution in [0, 0.1) is 0 Å². The van der Waals surface area contributed by atoms with Crippen LogP contribution in [0.5, 0.6) is 0 Å². The van der Waals surface area contributed by atoms with E-state index in [1.807, 2.05) is 6.92 Å². The van der Waals surface area contributed by atoms with Gasteiger partial charge >= 0.3 is 0 Å². The summed E-state index contributed by atoms with van der Waals surface area (Å²) in [5.41, 5.74) is -0.622. The third-order valence-corrected chi connectivity index (χ3v) is 2.81. The first kappa shape index (κ1) is 13.6. The van der Waals surface area contributed by atoms with Crippen molar-refractivity contribution in [1.82, 2.24) is 20.1 Å². The van der Waals surface area contributed by atoms with E-state index < -0.39 is 5.54 Å². The second-order valence-corrected chi connectivity index (χ2v) is 4.69. The predicted octanol–water partition coefficient (Wildman–Crippen LogP) is 0.600. The fraction of sp³-hybridized carbons (Fsp3) is 0.727. The highest BCUT2D eigenvalue weighted by atomic mass is 16.3. The molecule has 0 aromatic carbocycles. The van der Waals surface area contributed by atoms with Crippen molar-refractivity contribution in [3.05, 3.63) is 11.6 Å². The molecule has 0 saturated heterocycles. The van der Waals surface area contributed by atoms with Crippen molar-refractivity contribution >= 4 is 5.91 Å². The van der Waals surface area contributed by atoms with Crippen LogP contribution < -0.4 is 0 Å². The lowest BCUT2D eigenvalue weighted by Crippen LogP contribution is -2.48. The third-order valence-electron chi connectivity index (χ3n) is 2.81. The van der Waals surface area contributed by atoms with Crippen LogP contribution in [0.3, 0.4) is 0 Å². The van der Waals surface area contributed by atoms with Gasteiger partial charge in [-0.3, -0.25) is 9.89 Å². The Balaban J connectivity index is 2.81. The quantitative estimate of drug-likeness (QED) is 0.789. The summed E-state index contributed by atoms with van der Waals surface area (Å²) in [6, 6.07) is 0. The van der Waals surface area contributed by atoms with Gasteiger partial charge in [0.1, 0.15) is 5.82 Å². The molecule has 0 fully saturated rings. The average Bonchev–Trinajstić information content (AvgIpc) is 2.76. The van der Waals surface area contributed by atoms with Gasteiger partial charge in [-0.2, -0.15) is 0 Å². The Bertz CT molecular complexity index is 387. The van der Waals surface area contributed by atoms with Gasteiger partial charge in [0, 0.05) is 13.5 Å². The van der Waals surface area contributed by atoms with Gasteiger partial charge in [0.2, 0.25) is 5.82 Å². The molecule has 0 aliphatic heterocycles. The van der Waals surface area contributed by atoms with Crippen LogP contribution in [-0.4, -0.2) is 50.3 Å². The number of aryl methyl sites for hydroxylation is 1. The first-order valence-corrected chi connectivity index (χ1v) is 5.72. The largest absolute Gasteiger partial charge is 0.394 e. The number of rotatable bonds is 5. The molecule has 2 N–H and O–H groups in total. The molecular weight excluding hydrogens is 220 g/mol. The number of likely N-dealkylation sites (N-methyl/N-ethyl adjacent to an activating group) is 1. The summed E-state index contributed by atoms with van der Waals surface area (Å²) in [6.07, 6.45) is 1.72. The second kappa shape index (κ2) is 5.27. The molecule has 1 aromatic heterocycles. The van der Waals surface area contributed by atoms with E-state index in [0.29, 0.717) is 5.82 Å². The summed E-state index contributed by atoms with van der Waals surface area (Å²) in [7, 11) is 1.63. The van der Waals surface area contributed by atoms with Gasteiger partial charge in [-0.25, -0.2) is 4.98 Å². The van der Waals surface area contributed by atoms with Crippen LogP contribution in [0.4, 0.5) is 0 Å². The van der Waals surface area contributed by atoms with E-state index in [0.717, 1.165) is 12.8 Å². The van der Waals surface area contributed by atoms with Gasteiger partial charge in [0.25, 0.3) is 5.91 Å². The molecule has 0 spiro atoms. The minimum absolute atomic E-state index is 0.110. The molecule has 0 bridgehead atoms. The Hall–Kier alpha value is -1.43. The predicted molar refractivity (Wildman–Crippen MR) is 63.6 cm³/mol. The number of aliphatic hydroxyl groups is 1. The summed E-state index contributed by atoms with van der Waals surface area (Å²) in [4.78, 5) is 17.6. The molecule has 0 aliphatic rings. The standard InChI is InChI=1S/C11H20N4O2/c1-5-6-8-12-9(14-13-8)10(17)15(4)11(2,3)7-16/h16H,5-7H2,1-4H3,(H,12,13,14). The number of hydrogen-bond acceptors (Lipinski definition) is 4. The Morgan fingerprint density at radius 1 is 1.53 bits per heavy atom. The summed E-state index contributed by atoms with van der Waals surface area (Å²) >= 11 is 0. The first-order chi connectivity index (χ1) is 7.92.